The van der Waals surface area contributed by atoms with Crippen LogP contribution in [0.2, 0.25) is 0 Å². The van der Waals surface area contributed by atoms with E-state index in [1.54, 1.807) is 0 Å². The van der Waals surface area contributed by atoms with Gasteiger partial charge in [-0.05, 0) is 25.2 Å². The third kappa shape index (κ3) is 1.64. The van der Waals surface area contributed by atoms with Gasteiger partial charge in [0.15, 0.2) is 0 Å². The highest BCUT2D eigenvalue weighted by atomic mass is 16.2. The van der Waals surface area contributed by atoms with Crippen molar-refractivity contribution in [2.75, 3.05) is 19.6 Å². The molecule has 0 aromatic heterocycles. The van der Waals surface area contributed by atoms with E-state index in [-0.39, 0.29) is 6.03 Å². The third-order valence-electron chi connectivity index (χ3n) is 2.34. The summed E-state index contributed by atoms with van der Waals surface area (Å²) in [5.41, 5.74) is 0. The maximum atomic E-state index is 11.2. The molecule has 0 atom stereocenters. The van der Waals surface area contributed by atoms with Crippen LogP contribution in [0.4, 0.5) is 4.79 Å². The van der Waals surface area contributed by atoms with Gasteiger partial charge in [-0.25, -0.2) is 4.79 Å². The molecular weight excluding hydrogens is 140 g/mol. The Hall–Kier alpha value is -0.730. The summed E-state index contributed by atoms with van der Waals surface area (Å²) < 4.78 is 0. The molecule has 2 amide bonds. The maximum absolute atomic E-state index is 11.2. The van der Waals surface area contributed by atoms with E-state index in [0.717, 1.165) is 32.0 Å². The summed E-state index contributed by atoms with van der Waals surface area (Å²) in [6.45, 7) is 2.81. The van der Waals surface area contributed by atoms with Gasteiger partial charge in [-0.1, -0.05) is 0 Å². The normalized spacial score (nSPS) is 25.1. The highest BCUT2D eigenvalue weighted by molar-refractivity contribution is 5.74. The van der Waals surface area contributed by atoms with Crippen molar-refractivity contribution in [3.05, 3.63) is 0 Å². The van der Waals surface area contributed by atoms with Crippen LogP contribution in [0, 0.1) is 5.92 Å². The first-order valence-corrected chi connectivity index (χ1v) is 4.39. The molecule has 1 aliphatic heterocycles. The summed E-state index contributed by atoms with van der Waals surface area (Å²) in [6.07, 6.45) is 3.76. The fourth-order valence-corrected chi connectivity index (χ4v) is 1.46. The topological polar surface area (TPSA) is 32.3 Å². The van der Waals surface area contributed by atoms with Crippen LogP contribution in [0.3, 0.4) is 0 Å². The van der Waals surface area contributed by atoms with Gasteiger partial charge in [0.05, 0.1) is 0 Å². The zero-order chi connectivity index (χ0) is 7.68. The van der Waals surface area contributed by atoms with Crippen LogP contribution >= 0.6 is 0 Å². The van der Waals surface area contributed by atoms with Crippen molar-refractivity contribution in [1.29, 1.82) is 0 Å². The van der Waals surface area contributed by atoms with Crippen molar-refractivity contribution in [2.24, 2.45) is 5.92 Å². The van der Waals surface area contributed by atoms with Crippen LogP contribution in [0.5, 0.6) is 0 Å². The predicted octanol–water partition coefficient (Wildman–Crippen LogP) is 0.812. The van der Waals surface area contributed by atoms with Crippen LogP contribution in [0.15, 0.2) is 0 Å². The molecule has 1 saturated carbocycles. The van der Waals surface area contributed by atoms with Crippen LogP contribution in [0.1, 0.15) is 19.3 Å². The van der Waals surface area contributed by atoms with Crippen molar-refractivity contribution < 1.29 is 4.79 Å². The molecule has 0 aromatic rings. The minimum atomic E-state index is 0.142. The van der Waals surface area contributed by atoms with E-state index in [1.165, 1.54) is 12.8 Å². The van der Waals surface area contributed by atoms with Gasteiger partial charge in [0, 0.05) is 19.6 Å². The van der Waals surface area contributed by atoms with E-state index in [1.807, 2.05) is 4.90 Å². The molecule has 3 nitrogen and oxygen atoms in total. The quantitative estimate of drug-likeness (QED) is 0.627. The van der Waals surface area contributed by atoms with Gasteiger partial charge in [-0.15, -0.1) is 0 Å². The van der Waals surface area contributed by atoms with Gasteiger partial charge in [0.1, 0.15) is 0 Å². The smallest absolute Gasteiger partial charge is 0.317 e. The molecule has 11 heavy (non-hydrogen) atoms. The van der Waals surface area contributed by atoms with E-state index >= 15 is 0 Å². The Kier molecular flexibility index (Phi) is 1.72. The van der Waals surface area contributed by atoms with Crippen molar-refractivity contribution in [1.82, 2.24) is 10.2 Å². The van der Waals surface area contributed by atoms with E-state index in [0.29, 0.717) is 0 Å². The summed E-state index contributed by atoms with van der Waals surface area (Å²) in [7, 11) is 0. The molecule has 1 heterocycles. The first kappa shape index (κ1) is 6.95. The number of hydrogen-bond donors (Lipinski definition) is 1. The molecule has 3 heteroatoms. The van der Waals surface area contributed by atoms with Gasteiger partial charge in [-0.3, -0.25) is 0 Å². The van der Waals surface area contributed by atoms with Crippen LogP contribution in [0.25, 0.3) is 0 Å². The number of amides is 2. The number of carbonyl (C=O) groups excluding carboxylic acids is 1. The monoisotopic (exact) mass is 154 g/mol. The standard InChI is InChI=1S/C8H14N2O/c11-8-9-4-1-5-10(8)6-7-2-3-7/h7H,1-6H2,(H,9,11). The first-order valence-electron chi connectivity index (χ1n) is 4.39. The van der Waals surface area contributed by atoms with Crippen molar-refractivity contribution >= 4 is 6.03 Å². The SMILES string of the molecule is O=C1NCCCN1CC1CC1. The van der Waals surface area contributed by atoms with Crippen molar-refractivity contribution in [3.63, 3.8) is 0 Å². The first-order chi connectivity index (χ1) is 5.36. The third-order valence-corrected chi connectivity index (χ3v) is 2.34. The second-order valence-electron chi connectivity index (χ2n) is 3.47. The van der Waals surface area contributed by atoms with Crippen LogP contribution < -0.4 is 5.32 Å². The molecule has 2 rings (SSSR count). The number of nitrogens with one attached hydrogen (secondary N) is 1. The Labute approximate surface area is 66.8 Å². The Bertz CT molecular complexity index is 165. The number of hydrogen-bond acceptors (Lipinski definition) is 1. The lowest BCUT2D eigenvalue weighted by atomic mass is 10.3. The van der Waals surface area contributed by atoms with Crippen molar-refractivity contribution in [2.45, 2.75) is 19.3 Å². The zero-order valence-electron chi connectivity index (χ0n) is 6.68. The summed E-state index contributed by atoms with van der Waals surface area (Å²) in [5.74, 6) is 0.818. The second-order valence-corrected chi connectivity index (χ2v) is 3.47. The Morgan fingerprint density at radius 2 is 2.36 bits per heavy atom. The number of nitrogens with zero attached hydrogens (tertiary/aromatic N) is 1. The molecule has 0 radical (unpaired) electrons. The van der Waals surface area contributed by atoms with Crippen molar-refractivity contribution in [3.8, 4) is 0 Å². The minimum absolute atomic E-state index is 0.142. The fourth-order valence-electron chi connectivity index (χ4n) is 1.46. The molecule has 0 unspecified atom stereocenters. The average molecular weight is 154 g/mol. The molecule has 1 aliphatic carbocycles. The molecule has 1 N–H and O–H groups in total. The lowest BCUT2D eigenvalue weighted by Gasteiger charge is -2.27. The Morgan fingerprint density at radius 1 is 1.55 bits per heavy atom. The summed E-state index contributed by atoms with van der Waals surface area (Å²) >= 11 is 0. The predicted molar refractivity (Wildman–Crippen MR) is 42.3 cm³/mol. The largest absolute Gasteiger partial charge is 0.338 e. The molecule has 1 saturated heterocycles. The lowest BCUT2D eigenvalue weighted by molar-refractivity contribution is 0.183. The molecule has 0 aromatic carbocycles. The second kappa shape index (κ2) is 2.72. The van der Waals surface area contributed by atoms with Gasteiger partial charge in [-0.2, -0.15) is 0 Å². The highest BCUT2D eigenvalue weighted by Gasteiger charge is 2.27. The maximum Gasteiger partial charge on any atom is 0.317 e. The molecule has 62 valence electrons. The molecule has 0 bridgehead atoms. The van der Waals surface area contributed by atoms with E-state index in [2.05, 4.69) is 5.32 Å². The van der Waals surface area contributed by atoms with Gasteiger partial charge < -0.3 is 10.2 Å². The number of carbonyl (C=O) groups is 1. The average Bonchev–Trinajstić information content (AvgIpc) is 2.78. The minimum Gasteiger partial charge on any atom is -0.338 e. The number of urea groups is 1. The number of rotatable bonds is 2. The Morgan fingerprint density at radius 3 is 3.00 bits per heavy atom. The van der Waals surface area contributed by atoms with E-state index in [4.69, 9.17) is 0 Å². The fraction of sp³-hybridized carbons (Fsp3) is 0.875. The summed E-state index contributed by atoms with van der Waals surface area (Å²) in [5, 5.41) is 2.85. The van der Waals surface area contributed by atoms with Gasteiger partial charge >= 0.3 is 6.03 Å². The van der Waals surface area contributed by atoms with Crippen LogP contribution in [-0.2, 0) is 0 Å². The van der Waals surface area contributed by atoms with E-state index < -0.39 is 0 Å². The van der Waals surface area contributed by atoms with Gasteiger partial charge in [0.25, 0.3) is 0 Å². The molecule has 0 spiro atoms. The highest BCUT2D eigenvalue weighted by Crippen LogP contribution is 2.29. The summed E-state index contributed by atoms with van der Waals surface area (Å²) in [4.78, 5) is 13.1. The Balaban J connectivity index is 1.83. The van der Waals surface area contributed by atoms with E-state index in [9.17, 15) is 4.79 Å². The molecular formula is C8H14N2O. The molecule has 2 fully saturated rings. The van der Waals surface area contributed by atoms with Crippen LogP contribution in [-0.4, -0.2) is 30.6 Å². The summed E-state index contributed by atoms with van der Waals surface area (Å²) in [6, 6.07) is 0.142. The zero-order valence-corrected chi connectivity index (χ0v) is 6.68. The van der Waals surface area contributed by atoms with Gasteiger partial charge in [0.2, 0.25) is 0 Å². The lowest BCUT2D eigenvalue weighted by Crippen LogP contribution is -2.47. The molecule has 2 aliphatic rings.